The lowest BCUT2D eigenvalue weighted by Crippen LogP contribution is -2.32. The molecular formula is C9H14N4O. The largest absolute Gasteiger partial charge is 0.349 e. The smallest absolute Gasteiger partial charge is 0.271 e. The number of aromatic nitrogens is 2. The van der Waals surface area contributed by atoms with E-state index in [1.54, 1.807) is 0 Å². The molecule has 1 aromatic rings. The second-order valence-corrected chi connectivity index (χ2v) is 2.70. The van der Waals surface area contributed by atoms with Gasteiger partial charge in [-0.05, 0) is 6.54 Å². The van der Waals surface area contributed by atoms with E-state index in [4.69, 9.17) is 0 Å². The number of carbonyl (C=O) groups excluding carboxylic acids is 1. The summed E-state index contributed by atoms with van der Waals surface area (Å²) in [5.41, 5.74) is 0.351. The molecule has 5 heteroatoms. The van der Waals surface area contributed by atoms with Gasteiger partial charge in [0.1, 0.15) is 5.69 Å². The van der Waals surface area contributed by atoms with Crippen molar-refractivity contribution in [3.05, 3.63) is 24.3 Å². The van der Waals surface area contributed by atoms with E-state index in [9.17, 15) is 4.79 Å². The minimum Gasteiger partial charge on any atom is -0.349 e. The van der Waals surface area contributed by atoms with Gasteiger partial charge in [-0.2, -0.15) is 0 Å². The van der Waals surface area contributed by atoms with Crippen LogP contribution in [0.4, 0.5) is 0 Å². The van der Waals surface area contributed by atoms with Gasteiger partial charge in [-0.1, -0.05) is 6.92 Å². The van der Waals surface area contributed by atoms with E-state index in [-0.39, 0.29) is 5.91 Å². The summed E-state index contributed by atoms with van der Waals surface area (Å²) in [7, 11) is 0. The molecule has 1 amide bonds. The predicted octanol–water partition coefficient (Wildman–Crippen LogP) is -0.184. The van der Waals surface area contributed by atoms with Crippen molar-refractivity contribution in [2.24, 2.45) is 0 Å². The third-order valence-corrected chi connectivity index (χ3v) is 1.63. The molecule has 0 aliphatic rings. The Bertz CT molecular complexity index is 275. The zero-order valence-corrected chi connectivity index (χ0v) is 8.16. The molecule has 0 unspecified atom stereocenters. The lowest BCUT2D eigenvalue weighted by Gasteiger charge is -2.03. The van der Waals surface area contributed by atoms with E-state index in [1.165, 1.54) is 18.6 Å². The van der Waals surface area contributed by atoms with Gasteiger partial charge < -0.3 is 10.6 Å². The van der Waals surface area contributed by atoms with Gasteiger partial charge >= 0.3 is 0 Å². The molecular weight excluding hydrogens is 180 g/mol. The van der Waals surface area contributed by atoms with Crippen LogP contribution in [-0.4, -0.2) is 35.5 Å². The Hall–Kier alpha value is -1.49. The Balaban J connectivity index is 2.29. The van der Waals surface area contributed by atoms with Crippen LogP contribution in [0.25, 0.3) is 0 Å². The number of nitrogens with zero attached hydrogens (tertiary/aromatic N) is 2. The monoisotopic (exact) mass is 194 g/mol. The molecule has 0 fully saturated rings. The lowest BCUT2D eigenvalue weighted by atomic mass is 10.4. The molecule has 1 heterocycles. The van der Waals surface area contributed by atoms with Crippen molar-refractivity contribution in [3.63, 3.8) is 0 Å². The number of carbonyl (C=O) groups is 1. The molecule has 1 rings (SSSR count). The molecule has 14 heavy (non-hydrogen) atoms. The van der Waals surface area contributed by atoms with Crippen LogP contribution in [0.5, 0.6) is 0 Å². The van der Waals surface area contributed by atoms with Gasteiger partial charge in [-0.3, -0.25) is 9.78 Å². The van der Waals surface area contributed by atoms with Crippen LogP contribution in [0.15, 0.2) is 18.6 Å². The van der Waals surface area contributed by atoms with Crippen LogP contribution >= 0.6 is 0 Å². The summed E-state index contributed by atoms with van der Waals surface area (Å²) in [5.74, 6) is -0.184. The summed E-state index contributed by atoms with van der Waals surface area (Å²) in [6, 6.07) is 0. The maximum atomic E-state index is 11.4. The minimum absolute atomic E-state index is 0.184. The van der Waals surface area contributed by atoms with Crippen molar-refractivity contribution in [1.82, 2.24) is 20.6 Å². The molecule has 76 valence electrons. The van der Waals surface area contributed by atoms with Crippen LogP contribution in [0.2, 0.25) is 0 Å². The molecule has 0 aliphatic heterocycles. The van der Waals surface area contributed by atoms with E-state index in [0.717, 1.165) is 13.1 Å². The van der Waals surface area contributed by atoms with Gasteiger partial charge in [-0.25, -0.2) is 4.98 Å². The highest BCUT2D eigenvalue weighted by Gasteiger charge is 2.04. The SMILES string of the molecule is CCNCCNC(=O)c1cnccn1. The average Bonchev–Trinajstić information content (AvgIpc) is 2.25. The summed E-state index contributed by atoms with van der Waals surface area (Å²) in [5, 5.41) is 5.83. The molecule has 0 radical (unpaired) electrons. The van der Waals surface area contributed by atoms with E-state index in [2.05, 4.69) is 20.6 Å². The molecule has 0 bridgehead atoms. The molecule has 2 N–H and O–H groups in total. The molecule has 1 aromatic heterocycles. The van der Waals surface area contributed by atoms with Crippen molar-refractivity contribution in [2.75, 3.05) is 19.6 Å². The summed E-state index contributed by atoms with van der Waals surface area (Å²) < 4.78 is 0. The number of likely N-dealkylation sites (N-methyl/N-ethyl adjacent to an activating group) is 1. The van der Waals surface area contributed by atoms with Crippen LogP contribution in [0, 0.1) is 0 Å². The topological polar surface area (TPSA) is 66.9 Å². The number of rotatable bonds is 5. The van der Waals surface area contributed by atoms with Crippen LogP contribution in [0.1, 0.15) is 17.4 Å². The Labute approximate surface area is 83.0 Å². The number of amides is 1. The Kier molecular flexibility index (Phi) is 4.57. The van der Waals surface area contributed by atoms with Gasteiger partial charge in [-0.15, -0.1) is 0 Å². The first kappa shape index (κ1) is 10.6. The molecule has 0 saturated heterocycles. The minimum atomic E-state index is -0.184. The fraction of sp³-hybridized carbons (Fsp3) is 0.444. The second-order valence-electron chi connectivity index (χ2n) is 2.70. The number of nitrogens with one attached hydrogen (secondary N) is 2. The average molecular weight is 194 g/mol. The highest BCUT2D eigenvalue weighted by atomic mass is 16.1. The quantitative estimate of drug-likeness (QED) is 0.638. The summed E-state index contributed by atoms with van der Waals surface area (Å²) >= 11 is 0. The van der Waals surface area contributed by atoms with Gasteiger partial charge in [0.15, 0.2) is 0 Å². The molecule has 0 spiro atoms. The Morgan fingerprint density at radius 3 is 2.93 bits per heavy atom. The maximum Gasteiger partial charge on any atom is 0.271 e. The zero-order chi connectivity index (χ0) is 10.2. The van der Waals surface area contributed by atoms with Crippen LogP contribution < -0.4 is 10.6 Å². The third-order valence-electron chi connectivity index (χ3n) is 1.63. The van der Waals surface area contributed by atoms with Gasteiger partial charge in [0, 0.05) is 25.5 Å². The maximum absolute atomic E-state index is 11.4. The van der Waals surface area contributed by atoms with E-state index in [1.807, 2.05) is 6.92 Å². The van der Waals surface area contributed by atoms with Crippen molar-refractivity contribution in [3.8, 4) is 0 Å². The summed E-state index contributed by atoms with van der Waals surface area (Å²) in [6.45, 7) is 4.29. The Morgan fingerprint density at radius 1 is 1.43 bits per heavy atom. The molecule has 0 atom stereocenters. The Morgan fingerprint density at radius 2 is 2.29 bits per heavy atom. The fourth-order valence-electron chi connectivity index (χ4n) is 0.948. The highest BCUT2D eigenvalue weighted by molar-refractivity contribution is 5.91. The fourth-order valence-corrected chi connectivity index (χ4v) is 0.948. The molecule has 5 nitrogen and oxygen atoms in total. The predicted molar refractivity (Wildman–Crippen MR) is 52.9 cm³/mol. The zero-order valence-electron chi connectivity index (χ0n) is 8.16. The summed E-state index contributed by atoms with van der Waals surface area (Å²) in [6.07, 6.45) is 4.48. The van der Waals surface area contributed by atoms with E-state index >= 15 is 0 Å². The van der Waals surface area contributed by atoms with Crippen molar-refractivity contribution < 1.29 is 4.79 Å². The molecule has 0 saturated carbocycles. The van der Waals surface area contributed by atoms with Crippen LogP contribution in [-0.2, 0) is 0 Å². The first-order chi connectivity index (χ1) is 6.84. The third kappa shape index (κ3) is 3.49. The van der Waals surface area contributed by atoms with Gasteiger partial charge in [0.05, 0.1) is 6.20 Å². The summed E-state index contributed by atoms with van der Waals surface area (Å²) in [4.78, 5) is 19.1. The van der Waals surface area contributed by atoms with Crippen molar-refractivity contribution >= 4 is 5.91 Å². The van der Waals surface area contributed by atoms with Crippen molar-refractivity contribution in [1.29, 1.82) is 0 Å². The first-order valence-electron chi connectivity index (χ1n) is 4.59. The van der Waals surface area contributed by atoms with Gasteiger partial charge in [0.25, 0.3) is 5.91 Å². The van der Waals surface area contributed by atoms with E-state index in [0.29, 0.717) is 12.2 Å². The normalized spacial score (nSPS) is 9.79. The van der Waals surface area contributed by atoms with Crippen LogP contribution in [0.3, 0.4) is 0 Å². The second kappa shape index (κ2) is 6.04. The van der Waals surface area contributed by atoms with Gasteiger partial charge in [0.2, 0.25) is 0 Å². The number of hydrogen-bond donors (Lipinski definition) is 2. The lowest BCUT2D eigenvalue weighted by molar-refractivity contribution is 0.0948. The first-order valence-corrected chi connectivity index (χ1v) is 4.59. The highest BCUT2D eigenvalue weighted by Crippen LogP contribution is 1.88. The molecule has 0 aliphatic carbocycles. The number of hydrogen-bond acceptors (Lipinski definition) is 4. The molecule has 0 aromatic carbocycles. The van der Waals surface area contributed by atoms with Crippen molar-refractivity contribution in [2.45, 2.75) is 6.92 Å². The van der Waals surface area contributed by atoms with E-state index < -0.39 is 0 Å². The standard InChI is InChI=1S/C9H14N4O/c1-2-10-3-6-13-9(14)8-7-11-4-5-12-8/h4-5,7,10H,2-3,6H2,1H3,(H,13,14).